The summed E-state index contributed by atoms with van der Waals surface area (Å²) in [6.07, 6.45) is 2.60. The Kier molecular flexibility index (Phi) is 9.04. The van der Waals surface area contributed by atoms with Gasteiger partial charge in [-0.05, 0) is 63.7 Å². The first-order valence-corrected chi connectivity index (χ1v) is 13.5. The van der Waals surface area contributed by atoms with Gasteiger partial charge in [0.15, 0.2) is 6.29 Å². The van der Waals surface area contributed by atoms with E-state index in [0.717, 1.165) is 59.9 Å². The fourth-order valence-corrected chi connectivity index (χ4v) is 5.54. The van der Waals surface area contributed by atoms with Gasteiger partial charge in [-0.25, -0.2) is 13.8 Å². The number of allylic oxidation sites excluding steroid dienone is 1. The van der Waals surface area contributed by atoms with Gasteiger partial charge in [0, 0.05) is 42.9 Å². The number of rotatable bonds is 4. The minimum atomic E-state index is -0.310. The highest BCUT2D eigenvalue weighted by Crippen LogP contribution is 2.43. The Morgan fingerprint density at radius 3 is 2.31 bits per heavy atom. The molecule has 0 bridgehead atoms. The van der Waals surface area contributed by atoms with Gasteiger partial charge >= 0.3 is 0 Å². The molecule has 1 saturated heterocycles. The van der Waals surface area contributed by atoms with Crippen molar-refractivity contribution >= 4 is 40.6 Å². The number of carbonyl (C=O) groups excluding carboxylic acids is 2. The van der Waals surface area contributed by atoms with E-state index in [4.69, 9.17) is 0 Å². The van der Waals surface area contributed by atoms with Crippen LogP contribution < -0.4 is 0 Å². The van der Waals surface area contributed by atoms with E-state index in [1.807, 2.05) is 43.7 Å². The molecular formula is C30H32F2N4O2S. The number of fused-ring (bicyclic) bond motifs is 1. The number of halogens is 2. The molecule has 2 aliphatic rings. The lowest BCUT2D eigenvalue weighted by atomic mass is 10.0. The van der Waals surface area contributed by atoms with Crippen molar-refractivity contribution in [2.75, 3.05) is 33.2 Å². The van der Waals surface area contributed by atoms with Crippen LogP contribution in [0.25, 0.3) is 5.70 Å². The van der Waals surface area contributed by atoms with E-state index < -0.39 is 0 Å². The van der Waals surface area contributed by atoms with E-state index in [2.05, 4.69) is 9.89 Å². The van der Waals surface area contributed by atoms with E-state index in [1.54, 1.807) is 18.5 Å². The van der Waals surface area contributed by atoms with Crippen molar-refractivity contribution in [1.82, 2.24) is 14.7 Å². The molecule has 1 fully saturated rings. The summed E-state index contributed by atoms with van der Waals surface area (Å²) >= 11 is 1.39. The van der Waals surface area contributed by atoms with Crippen molar-refractivity contribution in [3.05, 3.63) is 92.9 Å². The lowest BCUT2D eigenvalue weighted by molar-refractivity contribution is 0.0664. The molecule has 39 heavy (non-hydrogen) atoms. The predicted octanol–water partition coefficient (Wildman–Crippen LogP) is 6.15. The van der Waals surface area contributed by atoms with Gasteiger partial charge in [-0.2, -0.15) is 0 Å². The summed E-state index contributed by atoms with van der Waals surface area (Å²) in [5.74, 6) is -0.543. The molecule has 0 aliphatic carbocycles. The first-order chi connectivity index (χ1) is 18.7. The Labute approximate surface area is 231 Å². The number of nitrogens with zero attached hydrogens (tertiary/aromatic N) is 4. The minimum Gasteiger partial charge on any atom is -0.336 e. The Hall–Kier alpha value is -3.69. The zero-order chi connectivity index (χ0) is 28.1. The molecule has 0 N–H and O–H groups in total. The lowest BCUT2D eigenvalue weighted by Gasteiger charge is -2.32. The van der Waals surface area contributed by atoms with E-state index >= 15 is 0 Å². The van der Waals surface area contributed by atoms with Gasteiger partial charge in [-0.15, -0.1) is 11.3 Å². The fourth-order valence-electron chi connectivity index (χ4n) is 4.57. The molecular weight excluding hydrogens is 518 g/mol. The third-order valence-electron chi connectivity index (χ3n) is 6.76. The minimum absolute atomic E-state index is 0.00639. The van der Waals surface area contributed by atoms with Crippen molar-refractivity contribution in [3.8, 4) is 0 Å². The molecule has 2 aromatic carbocycles. The Balaban J connectivity index is 0.000000193. The first kappa shape index (κ1) is 28.3. The summed E-state index contributed by atoms with van der Waals surface area (Å²) in [4.78, 5) is 34.3. The van der Waals surface area contributed by atoms with E-state index in [0.29, 0.717) is 22.5 Å². The highest BCUT2D eigenvalue weighted by atomic mass is 32.1. The summed E-state index contributed by atoms with van der Waals surface area (Å²) in [6, 6.07) is 12.5. The van der Waals surface area contributed by atoms with Crippen molar-refractivity contribution in [2.24, 2.45) is 4.99 Å². The average molecular weight is 551 g/mol. The Bertz CT molecular complexity index is 1400. The Morgan fingerprint density at radius 1 is 1.03 bits per heavy atom. The molecule has 1 aromatic heterocycles. The molecule has 1 amide bonds. The smallest absolute Gasteiger partial charge is 0.253 e. The maximum absolute atomic E-state index is 14.0. The zero-order valence-corrected chi connectivity index (χ0v) is 23.4. The number of hydrogen-bond donors (Lipinski definition) is 0. The molecule has 9 heteroatoms. The van der Waals surface area contributed by atoms with E-state index in [1.165, 1.54) is 41.7 Å². The topological polar surface area (TPSA) is 56.2 Å². The third kappa shape index (κ3) is 6.49. The summed E-state index contributed by atoms with van der Waals surface area (Å²) in [5.41, 5.74) is 5.20. The highest BCUT2D eigenvalue weighted by Gasteiger charge is 2.26. The summed E-state index contributed by atoms with van der Waals surface area (Å²) in [7, 11) is 2.04. The van der Waals surface area contributed by atoms with Crippen LogP contribution in [0.2, 0.25) is 0 Å². The van der Waals surface area contributed by atoms with Gasteiger partial charge in [0.2, 0.25) is 0 Å². The molecule has 0 saturated carbocycles. The Morgan fingerprint density at radius 2 is 1.69 bits per heavy atom. The van der Waals surface area contributed by atoms with Crippen molar-refractivity contribution < 1.29 is 18.4 Å². The zero-order valence-electron chi connectivity index (χ0n) is 22.6. The highest BCUT2D eigenvalue weighted by molar-refractivity contribution is 7.18. The van der Waals surface area contributed by atoms with Crippen LogP contribution in [0, 0.1) is 18.6 Å². The van der Waals surface area contributed by atoms with Crippen LogP contribution >= 0.6 is 11.3 Å². The quantitative estimate of drug-likeness (QED) is 0.366. The molecule has 5 rings (SSSR count). The van der Waals surface area contributed by atoms with Gasteiger partial charge in [-0.1, -0.05) is 23.8 Å². The second kappa shape index (κ2) is 12.4. The second-order valence-electron chi connectivity index (χ2n) is 9.80. The molecule has 3 aromatic rings. The molecule has 204 valence electrons. The number of likely N-dealkylation sites (N-methyl/N-ethyl adjacent to an activating group) is 1. The number of benzene rings is 2. The van der Waals surface area contributed by atoms with E-state index in [-0.39, 0.29) is 17.5 Å². The average Bonchev–Trinajstić information content (AvgIpc) is 3.26. The van der Waals surface area contributed by atoms with Crippen molar-refractivity contribution in [1.29, 1.82) is 0 Å². The third-order valence-corrected chi connectivity index (χ3v) is 7.89. The molecule has 0 atom stereocenters. The number of thiophene rings is 1. The van der Waals surface area contributed by atoms with Crippen LogP contribution in [0.4, 0.5) is 13.8 Å². The molecule has 6 nitrogen and oxygen atoms in total. The maximum Gasteiger partial charge on any atom is 0.253 e. The van der Waals surface area contributed by atoms with Gasteiger partial charge < -0.3 is 14.7 Å². The van der Waals surface area contributed by atoms with E-state index in [9.17, 15) is 18.4 Å². The van der Waals surface area contributed by atoms with Gasteiger partial charge in [-0.3, -0.25) is 9.59 Å². The molecule has 0 spiro atoms. The SMILES string of the molecule is CC(C)=C1c2c(sc(C=O)c2C)N=CN1Cc1ccccc1F.CN1CCN(C(=O)c2ccc(F)cc2)CC1. The molecule has 0 radical (unpaired) electrons. The first-order valence-electron chi connectivity index (χ1n) is 12.7. The van der Waals surface area contributed by atoms with Crippen molar-refractivity contribution in [3.63, 3.8) is 0 Å². The summed E-state index contributed by atoms with van der Waals surface area (Å²) in [5, 5.41) is 0.839. The molecule has 2 aliphatic heterocycles. The largest absolute Gasteiger partial charge is 0.336 e. The van der Waals surface area contributed by atoms with Crippen LogP contribution in [0.1, 0.15) is 50.6 Å². The number of carbonyl (C=O) groups is 2. The van der Waals surface area contributed by atoms with Crippen LogP contribution in [0.5, 0.6) is 0 Å². The predicted molar refractivity (Wildman–Crippen MR) is 153 cm³/mol. The standard InChI is InChI=1S/C18H17FN2OS.C12H15FN2O/c1-11(2)17-16-12(3)15(9-22)23-18(16)20-10-21(17)8-13-6-4-5-7-14(13)19;1-14-6-8-15(9-7-14)12(16)10-2-4-11(13)5-3-10/h4-7,9-10H,8H2,1-3H3;2-5H,6-9H2,1H3. The second-order valence-corrected chi connectivity index (χ2v) is 10.8. The van der Waals surface area contributed by atoms with Gasteiger partial charge in [0.1, 0.15) is 16.6 Å². The van der Waals surface area contributed by atoms with Gasteiger partial charge in [0.05, 0.1) is 23.5 Å². The van der Waals surface area contributed by atoms with Crippen LogP contribution in [0.15, 0.2) is 59.1 Å². The van der Waals surface area contributed by atoms with Crippen LogP contribution in [0.3, 0.4) is 0 Å². The number of aliphatic imine (C=N–C) groups is 1. The normalized spacial score (nSPS) is 15.0. The van der Waals surface area contributed by atoms with Crippen LogP contribution in [-0.4, -0.2) is 66.5 Å². The van der Waals surface area contributed by atoms with Crippen LogP contribution in [-0.2, 0) is 6.54 Å². The summed E-state index contributed by atoms with van der Waals surface area (Å²) in [6.45, 7) is 9.65. The fraction of sp³-hybridized carbons (Fsp3) is 0.300. The summed E-state index contributed by atoms with van der Waals surface area (Å²) < 4.78 is 26.7. The maximum atomic E-state index is 14.0. The molecule has 3 heterocycles. The number of piperazine rings is 1. The lowest BCUT2D eigenvalue weighted by Crippen LogP contribution is -2.47. The molecule has 0 unspecified atom stereocenters. The number of amides is 1. The number of aldehydes is 1. The van der Waals surface area contributed by atoms with Crippen molar-refractivity contribution in [2.45, 2.75) is 27.3 Å². The number of hydrogen-bond acceptors (Lipinski definition) is 6. The van der Waals surface area contributed by atoms with Gasteiger partial charge in [0.25, 0.3) is 5.91 Å². The monoisotopic (exact) mass is 550 g/mol.